The smallest absolute Gasteiger partial charge is 0.0421 e. The van der Waals surface area contributed by atoms with Gasteiger partial charge in [-0.1, -0.05) is 36.2 Å². The van der Waals surface area contributed by atoms with Crippen molar-refractivity contribution in [3.05, 3.63) is 35.4 Å². The Bertz CT molecular complexity index is 318. The normalized spacial score (nSPS) is 18.5. The highest BCUT2D eigenvalue weighted by Gasteiger charge is 2.17. The van der Waals surface area contributed by atoms with Crippen LogP contribution in [0.5, 0.6) is 0 Å². The summed E-state index contributed by atoms with van der Waals surface area (Å²) in [5.74, 6) is 0. The molecule has 1 aromatic carbocycles. The number of hydrogen-bond donors (Lipinski definition) is 2. The first kappa shape index (κ1) is 10.7. The maximum absolute atomic E-state index is 6.13. The summed E-state index contributed by atoms with van der Waals surface area (Å²) in [7, 11) is 0. The van der Waals surface area contributed by atoms with E-state index in [1.807, 2.05) is 0 Å². The maximum Gasteiger partial charge on any atom is 0.0421 e. The highest BCUT2D eigenvalue weighted by molar-refractivity contribution is 5.25. The first-order valence-electron chi connectivity index (χ1n) is 5.81. The molecule has 2 heteroatoms. The van der Waals surface area contributed by atoms with Crippen LogP contribution in [-0.2, 0) is 0 Å². The van der Waals surface area contributed by atoms with Gasteiger partial charge in [0.1, 0.15) is 0 Å². The van der Waals surface area contributed by atoms with E-state index < -0.39 is 0 Å². The lowest BCUT2D eigenvalue weighted by molar-refractivity contribution is 0.333. The van der Waals surface area contributed by atoms with Crippen LogP contribution in [0.1, 0.15) is 36.4 Å². The Kier molecular flexibility index (Phi) is 3.39. The topological polar surface area (TPSA) is 38.0 Å². The van der Waals surface area contributed by atoms with E-state index in [1.165, 1.54) is 30.4 Å². The molecule has 1 saturated carbocycles. The van der Waals surface area contributed by atoms with E-state index in [1.54, 1.807) is 0 Å². The van der Waals surface area contributed by atoms with Gasteiger partial charge in [0, 0.05) is 18.6 Å². The number of rotatable bonds is 4. The van der Waals surface area contributed by atoms with Crippen LogP contribution >= 0.6 is 0 Å². The largest absolute Gasteiger partial charge is 0.323 e. The fraction of sp³-hybridized carbons (Fsp3) is 0.538. The van der Waals surface area contributed by atoms with E-state index in [9.17, 15) is 0 Å². The molecule has 82 valence electrons. The second kappa shape index (κ2) is 4.77. The molecule has 1 aromatic rings. The molecule has 0 aliphatic heterocycles. The van der Waals surface area contributed by atoms with Crippen LogP contribution in [0.15, 0.2) is 24.3 Å². The van der Waals surface area contributed by atoms with Crippen LogP contribution in [0.4, 0.5) is 0 Å². The molecule has 1 unspecified atom stereocenters. The first-order valence-corrected chi connectivity index (χ1v) is 5.81. The predicted molar refractivity (Wildman–Crippen MR) is 63.7 cm³/mol. The number of hydrogen-bond acceptors (Lipinski definition) is 2. The second-order valence-electron chi connectivity index (χ2n) is 4.56. The first-order chi connectivity index (χ1) is 7.25. The molecule has 1 aliphatic carbocycles. The molecule has 15 heavy (non-hydrogen) atoms. The highest BCUT2D eigenvalue weighted by atomic mass is 14.9. The predicted octanol–water partition coefficient (Wildman–Crippen LogP) is 2.14. The number of nitrogens with two attached hydrogens (primary N) is 1. The van der Waals surface area contributed by atoms with Crippen LogP contribution in [0.3, 0.4) is 0 Å². The minimum absolute atomic E-state index is 0.130. The number of benzene rings is 1. The van der Waals surface area contributed by atoms with Crippen molar-refractivity contribution in [3.63, 3.8) is 0 Å². The lowest BCUT2D eigenvalue weighted by Crippen LogP contribution is -2.39. The summed E-state index contributed by atoms with van der Waals surface area (Å²) in [6.45, 7) is 3.00. The van der Waals surface area contributed by atoms with Crippen LogP contribution in [0.25, 0.3) is 0 Å². The summed E-state index contributed by atoms with van der Waals surface area (Å²) in [6, 6.07) is 9.32. The molecular formula is C13H20N2. The van der Waals surface area contributed by atoms with Gasteiger partial charge in [-0.15, -0.1) is 0 Å². The zero-order chi connectivity index (χ0) is 10.7. The fourth-order valence-corrected chi connectivity index (χ4v) is 1.92. The minimum Gasteiger partial charge on any atom is -0.323 e. The van der Waals surface area contributed by atoms with Gasteiger partial charge in [0.15, 0.2) is 0 Å². The van der Waals surface area contributed by atoms with Crippen LogP contribution in [0.2, 0.25) is 0 Å². The SMILES string of the molecule is Cc1cccc(C(N)CNC2CCC2)c1. The van der Waals surface area contributed by atoms with Gasteiger partial charge in [0.2, 0.25) is 0 Å². The van der Waals surface area contributed by atoms with Crippen molar-refractivity contribution in [2.75, 3.05) is 6.54 Å². The van der Waals surface area contributed by atoms with Gasteiger partial charge >= 0.3 is 0 Å². The van der Waals surface area contributed by atoms with Gasteiger partial charge in [-0.25, -0.2) is 0 Å². The molecule has 0 saturated heterocycles. The molecule has 0 aromatic heterocycles. The van der Waals surface area contributed by atoms with Crippen molar-refractivity contribution in [2.45, 2.75) is 38.3 Å². The molecule has 0 radical (unpaired) electrons. The van der Waals surface area contributed by atoms with Gasteiger partial charge in [-0.2, -0.15) is 0 Å². The fourth-order valence-electron chi connectivity index (χ4n) is 1.92. The maximum atomic E-state index is 6.13. The molecule has 0 bridgehead atoms. The zero-order valence-electron chi connectivity index (χ0n) is 9.37. The van der Waals surface area contributed by atoms with Gasteiger partial charge < -0.3 is 11.1 Å². The van der Waals surface area contributed by atoms with Gasteiger partial charge in [0.25, 0.3) is 0 Å². The van der Waals surface area contributed by atoms with Crippen molar-refractivity contribution in [1.82, 2.24) is 5.32 Å². The Morgan fingerprint density at radius 1 is 1.47 bits per heavy atom. The van der Waals surface area contributed by atoms with Crippen molar-refractivity contribution >= 4 is 0 Å². The molecule has 2 rings (SSSR count). The lowest BCUT2D eigenvalue weighted by Gasteiger charge is -2.28. The van der Waals surface area contributed by atoms with E-state index >= 15 is 0 Å². The molecule has 0 amide bonds. The van der Waals surface area contributed by atoms with E-state index in [0.717, 1.165) is 12.6 Å². The van der Waals surface area contributed by atoms with E-state index in [2.05, 4.69) is 36.5 Å². The zero-order valence-corrected chi connectivity index (χ0v) is 9.37. The third-order valence-electron chi connectivity index (χ3n) is 3.20. The third-order valence-corrected chi connectivity index (χ3v) is 3.20. The Labute approximate surface area is 91.9 Å². The summed E-state index contributed by atoms with van der Waals surface area (Å²) in [6.07, 6.45) is 4.01. The summed E-state index contributed by atoms with van der Waals surface area (Å²) in [5.41, 5.74) is 8.65. The molecule has 1 aliphatic rings. The monoisotopic (exact) mass is 204 g/mol. The standard InChI is InChI=1S/C13H20N2/c1-10-4-2-5-11(8-10)13(14)9-15-12-6-3-7-12/h2,4-5,8,12-13,15H,3,6-7,9,14H2,1H3. The second-order valence-corrected chi connectivity index (χ2v) is 4.56. The van der Waals surface area contributed by atoms with Crippen molar-refractivity contribution < 1.29 is 0 Å². The summed E-state index contributed by atoms with van der Waals surface area (Å²) in [5, 5.41) is 3.51. The van der Waals surface area contributed by atoms with Crippen LogP contribution in [-0.4, -0.2) is 12.6 Å². The van der Waals surface area contributed by atoms with Crippen LogP contribution < -0.4 is 11.1 Å². The molecule has 0 heterocycles. The Balaban J connectivity index is 1.86. The van der Waals surface area contributed by atoms with E-state index in [4.69, 9.17) is 5.73 Å². The molecule has 0 spiro atoms. The molecule has 1 fully saturated rings. The number of aryl methyl sites for hydroxylation is 1. The third kappa shape index (κ3) is 2.80. The average Bonchev–Trinajstić information content (AvgIpc) is 2.15. The van der Waals surface area contributed by atoms with Gasteiger partial charge in [-0.05, 0) is 25.3 Å². The summed E-state index contributed by atoms with van der Waals surface area (Å²) >= 11 is 0. The van der Waals surface area contributed by atoms with Gasteiger partial charge in [0.05, 0.1) is 0 Å². The Morgan fingerprint density at radius 3 is 2.87 bits per heavy atom. The quantitative estimate of drug-likeness (QED) is 0.788. The number of nitrogens with one attached hydrogen (secondary N) is 1. The Morgan fingerprint density at radius 2 is 2.27 bits per heavy atom. The van der Waals surface area contributed by atoms with Crippen molar-refractivity contribution in [1.29, 1.82) is 0 Å². The van der Waals surface area contributed by atoms with Crippen molar-refractivity contribution in [3.8, 4) is 0 Å². The Hall–Kier alpha value is -0.860. The molecule has 1 atom stereocenters. The lowest BCUT2D eigenvalue weighted by atomic mass is 9.93. The molecule has 2 nitrogen and oxygen atoms in total. The summed E-state index contributed by atoms with van der Waals surface area (Å²) < 4.78 is 0. The van der Waals surface area contributed by atoms with Crippen molar-refractivity contribution in [2.24, 2.45) is 5.73 Å². The minimum atomic E-state index is 0.130. The highest BCUT2D eigenvalue weighted by Crippen LogP contribution is 2.19. The molecule has 3 N–H and O–H groups in total. The summed E-state index contributed by atoms with van der Waals surface area (Å²) in [4.78, 5) is 0. The molecular weight excluding hydrogens is 184 g/mol. The van der Waals surface area contributed by atoms with Gasteiger partial charge in [-0.3, -0.25) is 0 Å². The van der Waals surface area contributed by atoms with E-state index in [-0.39, 0.29) is 6.04 Å². The van der Waals surface area contributed by atoms with Crippen LogP contribution in [0, 0.1) is 6.92 Å². The van der Waals surface area contributed by atoms with E-state index in [0.29, 0.717) is 0 Å². The average molecular weight is 204 g/mol.